The Morgan fingerprint density at radius 2 is 1.47 bits per heavy atom. The maximum absolute atomic E-state index is 12.7. The second-order valence-electron chi connectivity index (χ2n) is 3.58. The van der Waals surface area contributed by atoms with E-state index in [2.05, 4.69) is 4.74 Å². The molecule has 0 unspecified atom stereocenters. The van der Waals surface area contributed by atoms with Crippen LogP contribution in [0.2, 0.25) is 0 Å². The highest BCUT2D eigenvalue weighted by Crippen LogP contribution is 2.39. The molecule has 19 heavy (non-hydrogen) atoms. The zero-order chi connectivity index (χ0) is 14.8. The van der Waals surface area contributed by atoms with Gasteiger partial charge < -0.3 is 4.74 Å². The van der Waals surface area contributed by atoms with Gasteiger partial charge in [0.15, 0.2) is 0 Å². The van der Waals surface area contributed by atoms with Gasteiger partial charge in [0.05, 0.1) is 24.7 Å². The number of benzene rings is 1. The van der Waals surface area contributed by atoms with Crippen LogP contribution >= 0.6 is 0 Å². The van der Waals surface area contributed by atoms with Gasteiger partial charge in [-0.15, -0.1) is 0 Å². The van der Waals surface area contributed by atoms with Gasteiger partial charge in [-0.3, -0.25) is 4.79 Å². The quantitative estimate of drug-likeness (QED) is 0.615. The van der Waals surface area contributed by atoms with Crippen LogP contribution in [0.15, 0.2) is 18.2 Å². The van der Waals surface area contributed by atoms with Crippen LogP contribution in [0.3, 0.4) is 0 Å². The van der Waals surface area contributed by atoms with Crippen LogP contribution in [0, 0.1) is 0 Å². The van der Waals surface area contributed by atoms with Crippen LogP contribution in [0.1, 0.15) is 16.7 Å². The van der Waals surface area contributed by atoms with E-state index < -0.39 is 41.4 Å². The van der Waals surface area contributed by atoms with Gasteiger partial charge in [0.25, 0.3) is 0 Å². The molecule has 1 aromatic carbocycles. The normalized spacial score (nSPS) is 12.4. The molecule has 0 amide bonds. The molecule has 0 spiro atoms. The lowest BCUT2D eigenvalue weighted by atomic mass is 9.97. The third-order valence-electron chi connectivity index (χ3n) is 2.34. The second-order valence-corrected chi connectivity index (χ2v) is 3.58. The number of esters is 1. The zero-order valence-corrected chi connectivity index (χ0v) is 9.52. The van der Waals surface area contributed by atoms with Crippen LogP contribution in [0.5, 0.6) is 0 Å². The molecule has 0 fully saturated rings. The number of rotatable bonds is 2. The van der Waals surface area contributed by atoms with Gasteiger partial charge in [-0.1, -0.05) is 6.07 Å². The van der Waals surface area contributed by atoms with E-state index >= 15 is 0 Å². The van der Waals surface area contributed by atoms with E-state index in [1.165, 1.54) is 0 Å². The first-order chi connectivity index (χ1) is 8.57. The predicted molar refractivity (Wildman–Crippen MR) is 52.2 cm³/mol. The van der Waals surface area contributed by atoms with E-state index in [9.17, 15) is 31.1 Å². The largest absolute Gasteiger partial charge is 0.469 e. The Labute approximate surface area is 104 Å². The Hall–Kier alpha value is -1.73. The topological polar surface area (TPSA) is 26.3 Å². The maximum atomic E-state index is 12.7. The second kappa shape index (κ2) is 5.10. The van der Waals surface area contributed by atoms with E-state index in [-0.39, 0.29) is 0 Å². The van der Waals surface area contributed by atoms with Gasteiger partial charge in [-0.05, 0) is 17.7 Å². The van der Waals surface area contributed by atoms with Crippen molar-refractivity contribution in [3.63, 3.8) is 0 Å². The molecule has 2 nitrogen and oxygen atoms in total. The molecule has 0 aliphatic heterocycles. The summed E-state index contributed by atoms with van der Waals surface area (Å²) in [7, 11) is 0.881. The molecule has 0 aliphatic carbocycles. The minimum Gasteiger partial charge on any atom is -0.469 e. The van der Waals surface area contributed by atoms with E-state index in [0.29, 0.717) is 18.2 Å². The van der Waals surface area contributed by atoms with E-state index in [1.807, 2.05) is 0 Å². The van der Waals surface area contributed by atoms with E-state index in [4.69, 9.17) is 0 Å². The molecule has 0 aliphatic rings. The lowest BCUT2D eigenvalue weighted by Crippen LogP contribution is -2.19. The van der Waals surface area contributed by atoms with Crippen molar-refractivity contribution in [1.29, 1.82) is 0 Å². The summed E-state index contributed by atoms with van der Waals surface area (Å²) in [4.78, 5) is 11.0. The van der Waals surface area contributed by atoms with E-state index in [1.54, 1.807) is 0 Å². The summed E-state index contributed by atoms with van der Waals surface area (Å²) in [6.45, 7) is 0. The first-order valence-corrected chi connectivity index (χ1v) is 4.90. The van der Waals surface area contributed by atoms with Crippen molar-refractivity contribution in [2.24, 2.45) is 0 Å². The van der Waals surface area contributed by atoms with Crippen LogP contribution < -0.4 is 0 Å². The molecule has 0 heterocycles. The van der Waals surface area contributed by atoms with Crippen molar-refractivity contribution < 1.29 is 35.9 Å². The van der Waals surface area contributed by atoms with Gasteiger partial charge in [0.2, 0.25) is 0 Å². The zero-order valence-electron chi connectivity index (χ0n) is 9.52. The molecule has 8 heteroatoms. The fourth-order valence-electron chi connectivity index (χ4n) is 1.52. The number of ether oxygens (including phenoxy) is 1. The number of carbonyl (C=O) groups excluding carboxylic acids is 1. The molecule has 0 aromatic heterocycles. The van der Waals surface area contributed by atoms with Gasteiger partial charge >= 0.3 is 18.3 Å². The molecule has 0 saturated carbocycles. The summed E-state index contributed by atoms with van der Waals surface area (Å²) < 4.78 is 80.0. The molecule has 0 saturated heterocycles. The summed E-state index contributed by atoms with van der Waals surface area (Å²) in [5.41, 5.74) is -4.12. The highest BCUT2D eigenvalue weighted by molar-refractivity contribution is 5.73. The van der Waals surface area contributed by atoms with Gasteiger partial charge in [0.1, 0.15) is 0 Å². The first kappa shape index (κ1) is 15.3. The van der Waals surface area contributed by atoms with Crippen molar-refractivity contribution in [1.82, 2.24) is 0 Å². The molecule has 106 valence electrons. The number of halogens is 6. The highest BCUT2D eigenvalue weighted by atomic mass is 19.4. The molecule has 0 bridgehead atoms. The fourth-order valence-corrected chi connectivity index (χ4v) is 1.52. The average molecular weight is 286 g/mol. The van der Waals surface area contributed by atoms with Gasteiger partial charge in [0, 0.05) is 0 Å². The minimum absolute atomic E-state index is 0.494. The summed E-state index contributed by atoms with van der Waals surface area (Å²) in [6, 6.07) is 1.63. The smallest absolute Gasteiger partial charge is 0.416 e. The predicted octanol–water partition coefficient (Wildman–Crippen LogP) is 3.44. The molecule has 0 atom stereocenters. The van der Waals surface area contributed by atoms with Crippen LogP contribution in [0.25, 0.3) is 0 Å². The Kier molecular flexibility index (Phi) is 4.12. The van der Waals surface area contributed by atoms with Crippen molar-refractivity contribution in [3.8, 4) is 0 Å². The number of carbonyl (C=O) groups is 1. The van der Waals surface area contributed by atoms with E-state index in [0.717, 1.165) is 7.11 Å². The fraction of sp³-hybridized carbons (Fsp3) is 0.364. The Morgan fingerprint density at radius 1 is 1.05 bits per heavy atom. The average Bonchev–Trinajstić information content (AvgIpc) is 2.26. The molecule has 0 N–H and O–H groups in total. The Morgan fingerprint density at radius 3 is 1.79 bits per heavy atom. The highest BCUT2D eigenvalue weighted by Gasteiger charge is 2.40. The summed E-state index contributed by atoms with van der Waals surface area (Å²) in [5.74, 6) is -1.18. The summed E-state index contributed by atoms with van der Waals surface area (Å²) in [5, 5.41) is 0. The molecular formula is C11H8F6O2. The monoisotopic (exact) mass is 286 g/mol. The molecule has 1 rings (SSSR count). The first-order valence-electron chi connectivity index (χ1n) is 4.90. The number of hydrogen-bond acceptors (Lipinski definition) is 2. The number of methoxy groups -OCH3 is 1. The van der Waals surface area contributed by atoms with Crippen molar-refractivity contribution in [2.45, 2.75) is 18.8 Å². The lowest BCUT2D eigenvalue weighted by Gasteiger charge is -2.17. The van der Waals surface area contributed by atoms with Crippen molar-refractivity contribution in [2.75, 3.05) is 7.11 Å². The lowest BCUT2D eigenvalue weighted by molar-refractivity contribution is -0.146. The van der Waals surface area contributed by atoms with Crippen molar-refractivity contribution >= 4 is 5.97 Å². The number of hydrogen-bond donors (Lipinski definition) is 0. The SMILES string of the molecule is COC(=O)Cc1c(C(F)(F)F)cccc1C(F)(F)F. The van der Waals surface area contributed by atoms with Gasteiger partial charge in [-0.2, -0.15) is 26.3 Å². The van der Waals surface area contributed by atoms with Crippen molar-refractivity contribution in [3.05, 3.63) is 34.9 Å². The Balaban J connectivity index is 3.45. The summed E-state index contributed by atoms with van der Waals surface area (Å²) in [6.07, 6.45) is -11.1. The molecule has 0 radical (unpaired) electrons. The van der Waals surface area contributed by atoms with Crippen LogP contribution in [0.4, 0.5) is 26.3 Å². The van der Waals surface area contributed by atoms with Gasteiger partial charge in [-0.25, -0.2) is 0 Å². The maximum Gasteiger partial charge on any atom is 0.416 e. The number of alkyl halides is 6. The summed E-state index contributed by atoms with van der Waals surface area (Å²) >= 11 is 0. The Bertz CT molecular complexity index is 443. The molecular weight excluding hydrogens is 278 g/mol. The minimum atomic E-state index is -4.98. The van der Waals surface area contributed by atoms with Crippen LogP contribution in [-0.4, -0.2) is 13.1 Å². The molecule has 1 aromatic rings. The van der Waals surface area contributed by atoms with Crippen LogP contribution in [-0.2, 0) is 28.3 Å². The third kappa shape index (κ3) is 3.62. The third-order valence-corrected chi connectivity index (χ3v) is 2.34. The standard InChI is InChI=1S/C11H8F6O2/c1-19-9(18)5-6-7(10(12,13)14)3-2-4-8(6)11(15,16)17/h2-4H,5H2,1H3.